The van der Waals surface area contributed by atoms with E-state index < -0.39 is 0 Å². The summed E-state index contributed by atoms with van der Waals surface area (Å²) in [5.41, 5.74) is 1.35. The van der Waals surface area contributed by atoms with Crippen LogP contribution in [0, 0.1) is 0 Å². The van der Waals surface area contributed by atoms with Crippen LogP contribution in [0.3, 0.4) is 0 Å². The molecular formula is C17H21NOS. The lowest BCUT2D eigenvalue weighted by molar-refractivity contribution is 0.142. The van der Waals surface area contributed by atoms with Gasteiger partial charge in [0, 0.05) is 24.1 Å². The molecule has 0 radical (unpaired) electrons. The molecule has 1 fully saturated rings. The summed E-state index contributed by atoms with van der Waals surface area (Å²) in [6.07, 6.45) is 3.47. The van der Waals surface area contributed by atoms with E-state index in [-0.39, 0.29) is 0 Å². The van der Waals surface area contributed by atoms with Gasteiger partial charge in [-0.15, -0.1) is 11.3 Å². The molecule has 20 heavy (non-hydrogen) atoms. The predicted octanol–water partition coefficient (Wildman–Crippen LogP) is 4.00. The van der Waals surface area contributed by atoms with Crippen molar-refractivity contribution in [2.75, 3.05) is 13.2 Å². The fourth-order valence-electron chi connectivity index (χ4n) is 2.75. The van der Waals surface area contributed by atoms with Crippen molar-refractivity contribution in [2.45, 2.75) is 31.3 Å². The molecule has 106 valence electrons. The summed E-state index contributed by atoms with van der Waals surface area (Å²) in [4.78, 5) is 1.39. The Hall–Kier alpha value is -1.16. The molecule has 3 heteroatoms. The third-order valence-corrected chi connectivity index (χ3v) is 4.75. The van der Waals surface area contributed by atoms with Crippen LogP contribution in [-0.2, 0) is 4.74 Å². The van der Waals surface area contributed by atoms with E-state index in [2.05, 4.69) is 53.2 Å². The van der Waals surface area contributed by atoms with Crippen molar-refractivity contribution in [1.82, 2.24) is 5.32 Å². The molecule has 2 unspecified atom stereocenters. The van der Waals surface area contributed by atoms with E-state index in [1.54, 1.807) is 0 Å². The Balaban J connectivity index is 1.79. The van der Waals surface area contributed by atoms with E-state index in [4.69, 9.17) is 4.74 Å². The molecule has 1 aliphatic rings. The van der Waals surface area contributed by atoms with Crippen molar-refractivity contribution < 1.29 is 4.74 Å². The van der Waals surface area contributed by atoms with Gasteiger partial charge in [0.25, 0.3) is 0 Å². The molecule has 2 atom stereocenters. The first kappa shape index (κ1) is 13.8. The highest BCUT2D eigenvalue weighted by Gasteiger charge is 2.20. The Morgan fingerprint density at radius 1 is 1.05 bits per heavy atom. The average Bonchev–Trinajstić information content (AvgIpc) is 2.90. The summed E-state index contributed by atoms with van der Waals surface area (Å²) in [5, 5.41) is 6.00. The standard InChI is InChI=1S/C17H21NOS/c1-2-6-14(7-3-1)17(16-9-5-13-20-16)18-15-8-4-11-19-12-10-15/h1-3,5-7,9,13,15,17-18H,4,8,10-12H2. The zero-order chi connectivity index (χ0) is 13.6. The smallest absolute Gasteiger partial charge is 0.0673 e. The van der Waals surface area contributed by atoms with Gasteiger partial charge in [-0.25, -0.2) is 0 Å². The average molecular weight is 287 g/mol. The van der Waals surface area contributed by atoms with Gasteiger partial charge in [0.15, 0.2) is 0 Å². The maximum Gasteiger partial charge on any atom is 0.0673 e. The summed E-state index contributed by atoms with van der Waals surface area (Å²) in [6.45, 7) is 1.79. The van der Waals surface area contributed by atoms with Crippen molar-refractivity contribution in [3.8, 4) is 0 Å². The number of thiophene rings is 1. The fourth-order valence-corrected chi connectivity index (χ4v) is 3.56. The minimum Gasteiger partial charge on any atom is -0.381 e. The van der Waals surface area contributed by atoms with E-state index in [1.165, 1.54) is 16.9 Å². The molecular weight excluding hydrogens is 266 g/mol. The highest BCUT2D eigenvalue weighted by molar-refractivity contribution is 7.10. The van der Waals surface area contributed by atoms with Gasteiger partial charge < -0.3 is 10.1 Å². The van der Waals surface area contributed by atoms with Gasteiger partial charge in [-0.2, -0.15) is 0 Å². The normalized spacial score (nSPS) is 21.3. The van der Waals surface area contributed by atoms with Crippen LogP contribution in [0.4, 0.5) is 0 Å². The van der Waals surface area contributed by atoms with Gasteiger partial charge in [0.05, 0.1) is 6.04 Å². The van der Waals surface area contributed by atoms with Crippen LogP contribution >= 0.6 is 11.3 Å². The molecule has 2 heterocycles. The first-order valence-electron chi connectivity index (χ1n) is 7.35. The minimum atomic E-state index is 0.305. The quantitative estimate of drug-likeness (QED) is 0.918. The van der Waals surface area contributed by atoms with E-state index in [0.29, 0.717) is 12.1 Å². The fraction of sp³-hybridized carbons (Fsp3) is 0.412. The third-order valence-electron chi connectivity index (χ3n) is 3.81. The Bertz CT molecular complexity index is 489. The van der Waals surface area contributed by atoms with Gasteiger partial charge in [0.1, 0.15) is 0 Å². The maximum absolute atomic E-state index is 5.57. The lowest BCUT2D eigenvalue weighted by atomic mass is 10.0. The van der Waals surface area contributed by atoms with Crippen LogP contribution in [0.1, 0.15) is 35.7 Å². The molecule has 1 aromatic carbocycles. The number of ether oxygens (including phenoxy) is 1. The number of hydrogen-bond acceptors (Lipinski definition) is 3. The van der Waals surface area contributed by atoms with Crippen molar-refractivity contribution in [1.29, 1.82) is 0 Å². The van der Waals surface area contributed by atoms with Crippen molar-refractivity contribution in [3.63, 3.8) is 0 Å². The number of nitrogens with one attached hydrogen (secondary N) is 1. The monoisotopic (exact) mass is 287 g/mol. The van der Waals surface area contributed by atoms with Gasteiger partial charge in [0.2, 0.25) is 0 Å². The lowest BCUT2D eigenvalue weighted by Crippen LogP contribution is -2.33. The molecule has 1 aromatic heterocycles. The first-order valence-corrected chi connectivity index (χ1v) is 8.23. The number of rotatable bonds is 4. The van der Waals surface area contributed by atoms with Crippen molar-refractivity contribution >= 4 is 11.3 Å². The predicted molar refractivity (Wildman–Crippen MR) is 84.2 cm³/mol. The van der Waals surface area contributed by atoms with E-state index in [1.807, 2.05) is 11.3 Å². The van der Waals surface area contributed by atoms with E-state index in [0.717, 1.165) is 26.1 Å². The van der Waals surface area contributed by atoms with Crippen molar-refractivity contribution in [3.05, 3.63) is 58.3 Å². The SMILES string of the molecule is c1ccc(C(NC2CCCOCC2)c2cccs2)cc1. The van der Waals surface area contributed by atoms with Gasteiger partial charge in [-0.05, 0) is 36.3 Å². The summed E-state index contributed by atoms with van der Waals surface area (Å²) >= 11 is 1.83. The number of hydrogen-bond donors (Lipinski definition) is 1. The highest BCUT2D eigenvalue weighted by atomic mass is 32.1. The molecule has 3 rings (SSSR count). The Kier molecular flexibility index (Phi) is 4.85. The van der Waals surface area contributed by atoms with Crippen LogP contribution in [0.2, 0.25) is 0 Å². The molecule has 0 saturated carbocycles. The second kappa shape index (κ2) is 7.02. The summed E-state index contributed by atoms with van der Waals surface area (Å²) in [7, 11) is 0. The zero-order valence-corrected chi connectivity index (χ0v) is 12.4. The maximum atomic E-state index is 5.57. The van der Waals surface area contributed by atoms with Gasteiger partial charge in [-0.1, -0.05) is 36.4 Å². The molecule has 0 aliphatic carbocycles. The molecule has 1 aliphatic heterocycles. The zero-order valence-electron chi connectivity index (χ0n) is 11.6. The third kappa shape index (κ3) is 3.48. The molecule has 0 bridgehead atoms. The first-order chi connectivity index (χ1) is 9.93. The molecule has 2 nitrogen and oxygen atoms in total. The Morgan fingerprint density at radius 3 is 2.75 bits per heavy atom. The molecule has 2 aromatic rings. The molecule has 1 N–H and O–H groups in total. The Labute approximate surface area is 124 Å². The summed E-state index contributed by atoms with van der Waals surface area (Å²) in [5.74, 6) is 0. The van der Waals surface area contributed by atoms with Crippen LogP contribution in [0.5, 0.6) is 0 Å². The van der Waals surface area contributed by atoms with E-state index >= 15 is 0 Å². The van der Waals surface area contributed by atoms with Crippen LogP contribution in [0.25, 0.3) is 0 Å². The summed E-state index contributed by atoms with van der Waals surface area (Å²) in [6, 6.07) is 15.9. The van der Waals surface area contributed by atoms with Gasteiger partial charge >= 0.3 is 0 Å². The topological polar surface area (TPSA) is 21.3 Å². The molecule has 0 amide bonds. The summed E-state index contributed by atoms with van der Waals surface area (Å²) < 4.78 is 5.57. The van der Waals surface area contributed by atoms with E-state index in [9.17, 15) is 0 Å². The lowest BCUT2D eigenvalue weighted by Gasteiger charge is -2.24. The van der Waals surface area contributed by atoms with Gasteiger partial charge in [-0.3, -0.25) is 0 Å². The van der Waals surface area contributed by atoms with Crippen LogP contribution in [-0.4, -0.2) is 19.3 Å². The second-order valence-electron chi connectivity index (χ2n) is 5.27. The molecule has 0 spiro atoms. The van der Waals surface area contributed by atoms with Crippen LogP contribution in [0.15, 0.2) is 47.8 Å². The minimum absolute atomic E-state index is 0.305. The highest BCUT2D eigenvalue weighted by Crippen LogP contribution is 2.27. The molecule has 1 saturated heterocycles. The number of benzene rings is 1. The van der Waals surface area contributed by atoms with Crippen LogP contribution < -0.4 is 5.32 Å². The second-order valence-corrected chi connectivity index (χ2v) is 6.25. The van der Waals surface area contributed by atoms with Crippen molar-refractivity contribution in [2.24, 2.45) is 0 Å². The Morgan fingerprint density at radius 2 is 1.95 bits per heavy atom. The largest absolute Gasteiger partial charge is 0.381 e.